The van der Waals surface area contributed by atoms with E-state index < -0.39 is 6.04 Å². The number of aryl methyl sites for hydroxylation is 3. The maximum absolute atomic E-state index is 13.0. The van der Waals surface area contributed by atoms with Gasteiger partial charge in [-0.15, -0.1) is 11.3 Å². The van der Waals surface area contributed by atoms with Crippen LogP contribution in [0, 0.1) is 19.8 Å². The number of carbonyl (C=O) groups is 2. The highest BCUT2D eigenvalue weighted by atomic mass is 32.1. The average molecular weight is 481 g/mol. The highest BCUT2D eigenvalue weighted by Gasteiger charge is 2.27. The number of aromatic nitrogens is 3. The smallest absolute Gasteiger partial charge is 0.262 e. The van der Waals surface area contributed by atoms with Gasteiger partial charge in [-0.05, 0) is 49.9 Å². The third-order valence-electron chi connectivity index (χ3n) is 6.20. The lowest BCUT2D eigenvalue weighted by Crippen LogP contribution is -2.44. The Hall–Kier alpha value is -3.20. The molecule has 3 N–H and O–H groups in total. The van der Waals surface area contributed by atoms with E-state index in [1.807, 2.05) is 32.2 Å². The van der Waals surface area contributed by atoms with Crippen molar-refractivity contribution < 1.29 is 9.59 Å². The maximum Gasteiger partial charge on any atom is 0.262 e. The van der Waals surface area contributed by atoms with Crippen molar-refractivity contribution in [2.24, 2.45) is 13.0 Å². The molecule has 0 aliphatic heterocycles. The van der Waals surface area contributed by atoms with Crippen LogP contribution in [-0.4, -0.2) is 32.6 Å². The highest BCUT2D eigenvalue weighted by molar-refractivity contribution is 7.14. The Kier molecular flexibility index (Phi) is 7.62. The van der Waals surface area contributed by atoms with E-state index in [1.165, 1.54) is 24.2 Å². The zero-order chi connectivity index (χ0) is 24.1. The van der Waals surface area contributed by atoms with Crippen LogP contribution in [0.3, 0.4) is 0 Å². The van der Waals surface area contributed by atoms with Crippen LogP contribution in [0.1, 0.15) is 57.9 Å². The van der Waals surface area contributed by atoms with Gasteiger partial charge < -0.3 is 16.0 Å². The highest BCUT2D eigenvalue weighted by Crippen LogP contribution is 2.29. The molecule has 1 atom stereocenters. The summed E-state index contributed by atoms with van der Waals surface area (Å²) in [6.07, 6.45) is 10.4. The number of hydrogen-bond acceptors (Lipinski definition) is 6. The summed E-state index contributed by atoms with van der Waals surface area (Å²) >= 11 is 1.43. The van der Waals surface area contributed by atoms with Gasteiger partial charge in [-0.3, -0.25) is 19.3 Å². The van der Waals surface area contributed by atoms with Crippen LogP contribution >= 0.6 is 11.3 Å². The fourth-order valence-electron chi connectivity index (χ4n) is 4.35. The molecule has 1 saturated carbocycles. The number of carbonyl (C=O) groups excluding carboxylic acids is 2. The van der Waals surface area contributed by atoms with Crippen LogP contribution in [0.15, 0.2) is 36.8 Å². The average Bonchev–Trinajstić information content (AvgIpc) is 3.56. The van der Waals surface area contributed by atoms with Crippen molar-refractivity contribution in [1.29, 1.82) is 0 Å². The van der Waals surface area contributed by atoms with Crippen molar-refractivity contribution in [3.8, 4) is 0 Å². The minimum absolute atomic E-state index is 0.200. The van der Waals surface area contributed by atoms with Crippen LogP contribution in [0.25, 0.3) is 0 Å². The van der Waals surface area contributed by atoms with E-state index in [-0.39, 0.29) is 11.8 Å². The van der Waals surface area contributed by atoms with E-state index in [1.54, 1.807) is 24.1 Å². The monoisotopic (exact) mass is 480 g/mol. The van der Waals surface area contributed by atoms with Crippen molar-refractivity contribution in [1.82, 2.24) is 20.1 Å². The zero-order valence-corrected chi connectivity index (χ0v) is 20.7. The third-order valence-corrected chi connectivity index (χ3v) is 7.28. The molecule has 3 heterocycles. The number of nitrogens with one attached hydrogen (secondary N) is 3. The fourth-order valence-corrected chi connectivity index (χ4v) is 5.20. The van der Waals surface area contributed by atoms with E-state index in [0.29, 0.717) is 29.4 Å². The second-order valence-electron chi connectivity index (χ2n) is 9.07. The fraction of sp³-hybridized carbons (Fsp3) is 0.440. The molecule has 0 bridgehead atoms. The first-order valence-corrected chi connectivity index (χ1v) is 12.5. The molecule has 0 radical (unpaired) electrons. The molecular weight excluding hydrogens is 448 g/mol. The zero-order valence-electron chi connectivity index (χ0n) is 19.9. The molecule has 0 unspecified atom stereocenters. The Labute approximate surface area is 204 Å². The standard InChI is InChI=1S/C25H32N6O2S/c1-16-10-21(17(2)26-12-16)27-14-20-8-9-23(34-20)25(33)30-22(11-18-6-4-5-7-18)24(32)29-19-13-28-31(3)15-19/h8-10,12-13,15,18,22,27H,4-7,11,14H2,1-3H3,(H,29,32)(H,30,33)/t22-/m0/s1. The van der Waals surface area contributed by atoms with Crippen molar-refractivity contribution in [2.45, 2.75) is 58.5 Å². The molecule has 0 saturated heterocycles. The molecule has 3 aromatic rings. The second kappa shape index (κ2) is 10.8. The van der Waals surface area contributed by atoms with Gasteiger partial charge in [0.1, 0.15) is 6.04 Å². The second-order valence-corrected chi connectivity index (χ2v) is 10.2. The first kappa shape index (κ1) is 23.9. The Morgan fingerprint density at radius 3 is 2.74 bits per heavy atom. The van der Waals surface area contributed by atoms with Crippen LogP contribution in [0.2, 0.25) is 0 Å². The quantitative estimate of drug-likeness (QED) is 0.421. The summed E-state index contributed by atoms with van der Waals surface area (Å²) in [5.74, 6) is 0.0438. The third kappa shape index (κ3) is 6.22. The number of nitrogens with zero attached hydrogens (tertiary/aromatic N) is 3. The summed E-state index contributed by atoms with van der Waals surface area (Å²) in [7, 11) is 1.80. The molecule has 1 fully saturated rings. The Morgan fingerprint density at radius 1 is 1.21 bits per heavy atom. The van der Waals surface area contributed by atoms with Gasteiger partial charge in [0, 0.05) is 30.9 Å². The first-order chi connectivity index (χ1) is 16.4. The van der Waals surface area contributed by atoms with Gasteiger partial charge in [-0.25, -0.2) is 0 Å². The van der Waals surface area contributed by atoms with E-state index in [9.17, 15) is 9.59 Å². The molecule has 34 heavy (non-hydrogen) atoms. The van der Waals surface area contributed by atoms with Gasteiger partial charge in [0.05, 0.1) is 28.1 Å². The van der Waals surface area contributed by atoms with Crippen LogP contribution < -0.4 is 16.0 Å². The minimum atomic E-state index is -0.583. The number of hydrogen-bond donors (Lipinski definition) is 3. The SMILES string of the molecule is Cc1cnc(C)c(NCc2ccc(C(=O)N[C@@H](CC3CCCC3)C(=O)Nc3cnn(C)c3)s2)c1. The van der Waals surface area contributed by atoms with Crippen molar-refractivity contribution >= 4 is 34.5 Å². The summed E-state index contributed by atoms with van der Waals surface area (Å²) in [4.78, 5) is 32.1. The van der Waals surface area contributed by atoms with Crippen molar-refractivity contribution in [3.05, 3.63) is 57.8 Å². The lowest BCUT2D eigenvalue weighted by atomic mass is 9.97. The molecule has 0 aromatic carbocycles. The first-order valence-electron chi connectivity index (χ1n) is 11.7. The molecule has 0 spiro atoms. The summed E-state index contributed by atoms with van der Waals surface area (Å²) in [6.45, 7) is 4.59. The van der Waals surface area contributed by atoms with E-state index in [4.69, 9.17) is 0 Å². The number of amides is 2. The van der Waals surface area contributed by atoms with E-state index in [0.717, 1.165) is 34.7 Å². The van der Waals surface area contributed by atoms with Crippen LogP contribution in [0.5, 0.6) is 0 Å². The summed E-state index contributed by atoms with van der Waals surface area (Å²) in [5, 5.41) is 13.4. The molecule has 9 heteroatoms. The van der Waals surface area contributed by atoms with Gasteiger partial charge in [0.2, 0.25) is 5.91 Å². The topological polar surface area (TPSA) is 101 Å². The van der Waals surface area contributed by atoms with Crippen molar-refractivity contribution in [3.63, 3.8) is 0 Å². The van der Waals surface area contributed by atoms with Crippen LogP contribution in [0.4, 0.5) is 11.4 Å². The predicted octanol–water partition coefficient (Wildman–Crippen LogP) is 4.42. The molecule has 8 nitrogen and oxygen atoms in total. The molecule has 180 valence electrons. The summed E-state index contributed by atoms with van der Waals surface area (Å²) in [5.41, 5.74) is 3.65. The maximum atomic E-state index is 13.0. The van der Waals surface area contributed by atoms with Crippen molar-refractivity contribution in [2.75, 3.05) is 10.6 Å². The Bertz CT molecular complexity index is 1150. The summed E-state index contributed by atoms with van der Waals surface area (Å²) in [6, 6.07) is 5.26. The van der Waals surface area contributed by atoms with Gasteiger partial charge in [-0.1, -0.05) is 25.7 Å². The molecule has 4 rings (SSSR count). The van der Waals surface area contributed by atoms with Gasteiger partial charge >= 0.3 is 0 Å². The lowest BCUT2D eigenvalue weighted by molar-refractivity contribution is -0.118. The van der Waals surface area contributed by atoms with Gasteiger partial charge in [0.25, 0.3) is 5.91 Å². The predicted molar refractivity (Wildman–Crippen MR) is 135 cm³/mol. The molecular formula is C25H32N6O2S. The molecule has 1 aliphatic rings. The van der Waals surface area contributed by atoms with E-state index in [2.05, 4.69) is 32.1 Å². The molecule has 1 aliphatic carbocycles. The number of thiophene rings is 1. The minimum Gasteiger partial charge on any atom is -0.379 e. The largest absolute Gasteiger partial charge is 0.379 e. The number of pyridine rings is 1. The van der Waals surface area contributed by atoms with Gasteiger partial charge in [0.15, 0.2) is 0 Å². The molecule has 2 amide bonds. The van der Waals surface area contributed by atoms with E-state index >= 15 is 0 Å². The Balaban J connectivity index is 1.39. The number of anilines is 2. The lowest BCUT2D eigenvalue weighted by Gasteiger charge is -2.21. The normalized spacial score (nSPS) is 14.7. The Morgan fingerprint density at radius 2 is 2.00 bits per heavy atom. The number of rotatable bonds is 9. The summed E-state index contributed by atoms with van der Waals surface area (Å²) < 4.78 is 1.63. The van der Waals surface area contributed by atoms with Gasteiger partial charge in [-0.2, -0.15) is 5.10 Å². The van der Waals surface area contributed by atoms with Crippen LogP contribution in [-0.2, 0) is 18.4 Å². The molecule has 3 aromatic heterocycles.